The molecule has 4 nitrogen and oxygen atoms in total. The highest BCUT2D eigenvalue weighted by molar-refractivity contribution is 9.13. The first-order valence-electron chi connectivity index (χ1n) is 9.59. The minimum atomic E-state index is 0.561. The van der Waals surface area contributed by atoms with Crippen molar-refractivity contribution >= 4 is 31.9 Å². The van der Waals surface area contributed by atoms with Gasteiger partial charge in [0, 0.05) is 6.54 Å². The zero-order valence-electron chi connectivity index (χ0n) is 15.6. The van der Waals surface area contributed by atoms with Gasteiger partial charge >= 0.3 is 6.01 Å². The summed E-state index contributed by atoms with van der Waals surface area (Å²) in [7, 11) is 0. The summed E-state index contributed by atoms with van der Waals surface area (Å²) in [5.41, 5.74) is 2.41. The first-order valence-corrected chi connectivity index (χ1v) is 11.2. The normalized spacial score (nSPS) is 15.6. The Balaban J connectivity index is 1.34. The summed E-state index contributed by atoms with van der Waals surface area (Å²) in [4.78, 5) is 7.07. The number of para-hydroxylation sites is 1. The fourth-order valence-electron chi connectivity index (χ4n) is 3.60. The number of halogens is 2. The molecule has 0 atom stereocenters. The Hall–Kier alpha value is -1.63. The van der Waals surface area contributed by atoms with Gasteiger partial charge in [-0.1, -0.05) is 48.5 Å². The molecule has 1 aliphatic heterocycles. The molecule has 0 radical (unpaired) electrons. The molecule has 28 heavy (non-hydrogen) atoms. The standard InChI is InChI=1S/C22H23Br2N3O/c23-20-21(24)27(19-9-5-2-6-10-19)22(25-20)28-16-18-11-13-26(14-12-18)15-17-7-3-1-4-8-17/h1-10,18H,11-16H2. The second-order valence-electron chi connectivity index (χ2n) is 7.16. The van der Waals surface area contributed by atoms with Gasteiger partial charge in [-0.3, -0.25) is 9.47 Å². The van der Waals surface area contributed by atoms with Crippen molar-refractivity contribution < 1.29 is 4.74 Å². The van der Waals surface area contributed by atoms with Crippen molar-refractivity contribution in [1.29, 1.82) is 0 Å². The number of nitrogens with zero attached hydrogens (tertiary/aromatic N) is 3. The molecule has 2 aromatic carbocycles. The van der Waals surface area contributed by atoms with Gasteiger partial charge in [0.15, 0.2) is 0 Å². The first kappa shape index (κ1) is 19.7. The van der Waals surface area contributed by atoms with Crippen LogP contribution < -0.4 is 4.74 Å². The number of hydrogen-bond donors (Lipinski definition) is 0. The molecule has 0 bridgehead atoms. The van der Waals surface area contributed by atoms with Gasteiger partial charge in [0.2, 0.25) is 0 Å². The van der Waals surface area contributed by atoms with Gasteiger partial charge in [-0.05, 0) is 81.4 Å². The molecule has 0 spiro atoms. The van der Waals surface area contributed by atoms with Crippen molar-refractivity contribution in [2.24, 2.45) is 5.92 Å². The topological polar surface area (TPSA) is 30.3 Å². The molecule has 3 aromatic rings. The first-order chi connectivity index (χ1) is 13.7. The highest BCUT2D eigenvalue weighted by Gasteiger charge is 2.22. The number of imidazole rings is 1. The van der Waals surface area contributed by atoms with Crippen LogP contribution in [0, 0.1) is 5.92 Å². The summed E-state index contributed by atoms with van der Waals surface area (Å²) in [5.74, 6) is 0.561. The smallest absolute Gasteiger partial charge is 0.303 e. The van der Waals surface area contributed by atoms with Crippen LogP contribution in [0.15, 0.2) is 69.9 Å². The maximum absolute atomic E-state index is 6.16. The van der Waals surface area contributed by atoms with Crippen LogP contribution in [0.4, 0.5) is 0 Å². The van der Waals surface area contributed by atoms with E-state index in [2.05, 4.69) is 72.1 Å². The van der Waals surface area contributed by atoms with Gasteiger partial charge in [-0.15, -0.1) is 0 Å². The fraction of sp³-hybridized carbons (Fsp3) is 0.318. The third-order valence-electron chi connectivity index (χ3n) is 5.17. The van der Waals surface area contributed by atoms with E-state index in [1.807, 2.05) is 34.9 Å². The highest BCUT2D eigenvalue weighted by Crippen LogP contribution is 2.32. The number of rotatable bonds is 6. The second kappa shape index (κ2) is 9.25. The van der Waals surface area contributed by atoms with Crippen LogP contribution in [0.1, 0.15) is 18.4 Å². The van der Waals surface area contributed by atoms with E-state index in [0.29, 0.717) is 18.5 Å². The van der Waals surface area contributed by atoms with Gasteiger partial charge in [0.25, 0.3) is 0 Å². The quantitative estimate of drug-likeness (QED) is 0.432. The molecule has 0 N–H and O–H groups in total. The van der Waals surface area contributed by atoms with Gasteiger partial charge < -0.3 is 4.74 Å². The zero-order valence-corrected chi connectivity index (χ0v) is 18.8. The monoisotopic (exact) mass is 503 g/mol. The maximum Gasteiger partial charge on any atom is 0.303 e. The minimum absolute atomic E-state index is 0.561. The number of piperidine rings is 1. The van der Waals surface area contributed by atoms with Crippen molar-refractivity contribution in [3.8, 4) is 11.7 Å². The molecule has 146 valence electrons. The highest BCUT2D eigenvalue weighted by atomic mass is 79.9. The third-order valence-corrected chi connectivity index (χ3v) is 6.99. The molecular weight excluding hydrogens is 482 g/mol. The summed E-state index contributed by atoms with van der Waals surface area (Å²) in [6, 6.07) is 21.5. The van der Waals surface area contributed by atoms with E-state index >= 15 is 0 Å². The molecule has 0 amide bonds. The second-order valence-corrected chi connectivity index (χ2v) is 8.67. The van der Waals surface area contributed by atoms with Crippen molar-refractivity contribution in [2.45, 2.75) is 19.4 Å². The Bertz CT molecular complexity index is 891. The number of hydrogen-bond acceptors (Lipinski definition) is 3. The van der Waals surface area contributed by atoms with Crippen molar-refractivity contribution in [3.63, 3.8) is 0 Å². The lowest BCUT2D eigenvalue weighted by Crippen LogP contribution is -2.35. The average molecular weight is 505 g/mol. The van der Waals surface area contributed by atoms with Crippen LogP contribution in [0.3, 0.4) is 0 Å². The summed E-state index contributed by atoms with van der Waals surface area (Å²) in [5, 5.41) is 0. The molecule has 1 saturated heterocycles. The van der Waals surface area contributed by atoms with E-state index in [1.165, 1.54) is 5.56 Å². The molecule has 1 aliphatic rings. The van der Waals surface area contributed by atoms with Crippen LogP contribution >= 0.6 is 31.9 Å². The lowest BCUT2D eigenvalue weighted by atomic mass is 9.97. The van der Waals surface area contributed by atoms with Crippen LogP contribution in [0.25, 0.3) is 5.69 Å². The summed E-state index contributed by atoms with van der Waals surface area (Å²) in [6.07, 6.45) is 2.31. The van der Waals surface area contributed by atoms with E-state index in [1.54, 1.807) is 0 Å². The zero-order chi connectivity index (χ0) is 19.3. The van der Waals surface area contributed by atoms with Crippen molar-refractivity contribution in [3.05, 3.63) is 75.4 Å². The molecular formula is C22H23Br2N3O. The number of aromatic nitrogens is 2. The summed E-state index contributed by atoms with van der Waals surface area (Å²) in [6.45, 7) is 3.96. The van der Waals surface area contributed by atoms with Crippen LogP contribution in [0.5, 0.6) is 6.01 Å². The molecule has 0 unspecified atom stereocenters. The van der Waals surface area contributed by atoms with Crippen LogP contribution in [-0.4, -0.2) is 34.1 Å². The number of likely N-dealkylation sites (tertiary alicyclic amines) is 1. The number of benzene rings is 2. The Morgan fingerprint density at radius 2 is 1.57 bits per heavy atom. The van der Waals surface area contributed by atoms with Gasteiger partial charge in [-0.25, -0.2) is 0 Å². The Labute approximate surface area is 182 Å². The van der Waals surface area contributed by atoms with Crippen molar-refractivity contribution in [1.82, 2.24) is 14.5 Å². The van der Waals surface area contributed by atoms with E-state index in [0.717, 1.165) is 47.4 Å². The minimum Gasteiger partial charge on any atom is -0.464 e. The SMILES string of the molecule is Brc1nc(OCC2CCN(Cc3ccccc3)CC2)n(-c2ccccc2)c1Br. The number of ether oxygens (including phenoxy) is 1. The average Bonchev–Trinajstić information content (AvgIpc) is 3.02. The molecule has 6 heteroatoms. The summed E-state index contributed by atoms with van der Waals surface area (Å²) < 4.78 is 9.77. The van der Waals surface area contributed by atoms with E-state index < -0.39 is 0 Å². The molecule has 0 saturated carbocycles. The van der Waals surface area contributed by atoms with E-state index in [-0.39, 0.29) is 0 Å². The maximum atomic E-state index is 6.16. The largest absolute Gasteiger partial charge is 0.464 e. The molecule has 4 rings (SSSR count). The predicted molar refractivity (Wildman–Crippen MR) is 119 cm³/mol. The van der Waals surface area contributed by atoms with Crippen molar-refractivity contribution in [2.75, 3.05) is 19.7 Å². The van der Waals surface area contributed by atoms with Gasteiger partial charge in [0.1, 0.15) is 9.21 Å². The fourth-order valence-corrected chi connectivity index (χ4v) is 4.37. The lowest BCUT2D eigenvalue weighted by molar-refractivity contribution is 0.131. The van der Waals surface area contributed by atoms with E-state index in [4.69, 9.17) is 4.74 Å². The van der Waals surface area contributed by atoms with Crippen LogP contribution in [0.2, 0.25) is 0 Å². The van der Waals surface area contributed by atoms with Gasteiger partial charge in [-0.2, -0.15) is 4.98 Å². The Kier molecular flexibility index (Phi) is 6.50. The molecule has 2 heterocycles. The Morgan fingerprint density at radius 1 is 0.929 bits per heavy atom. The third kappa shape index (κ3) is 4.67. The molecule has 1 aromatic heterocycles. The van der Waals surface area contributed by atoms with E-state index in [9.17, 15) is 0 Å². The predicted octanol–water partition coefficient (Wildman–Crippen LogP) is 5.69. The lowest BCUT2D eigenvalue weighted by Gasteiger charge is -2.31. The van der Waals surface area contributed by atoms with Crippen LogP contribution in [-0.2, 0) is 6.54 Å². The summed E-state index contributed by atoms with van der Waals surface area (Å²) >= 11 is 7.11. The van der Waals surface area contributed by atoms with Gasteiger partial charge in [0.05, 0.1) is 12.3 Å². The Morgan fingerprint density at radius 3 is 2.25 bits per heavy atom. The molecule has 1 fully saturated rings. The molecule has 0 aliphatic carbocycles.